The van der Waals surface area contributed by atoms with Crippen LogP contribution in [-0.2, 0) is 4.79 Å². The van der Waals surface area contributed by atoms with Gasteiger partial charge in [0.15, 0.2) is 5.76 Å². The SMILES string of the molecule is C/C(=N\NC(=O)C1c2ccccc2-c2ccccc21)c1oc(C)cc1C. The van der Waals surface area contributed by atoms with Crippen molar-refractivity contribution in [1.29, 1.82) is 0 Å². The lowest BCUT2D eigenvalue weighted by molar-refractivity contribution is -0.121. The van der Waals surface area contributed by atoms with E-state index in [1.54, 1.807) is 0 Å². The molecule has 2 aromatic carbocycles. The molecular formula is C22H20N2O2. The highest BCUT2D eigenvalue weighted by Crippen LogP contribution is 2.44. The standard InChI is InChI=1S/C22H20N2O2/c1-13-12-14(2)26-21(13)15(3)23-24-22(25)20-18-10-6-4-8-16(18)17-9-5-7-11-19(17)20/h4-12,20H,1-3H3,(H,24,25)/b23-15+. The monoisotopic (exact) mass is 344 g/mol. The molecule has 0 spiro atoms. The van der Waals surface area contributed by atoms with Crippen LogP contribution >= 0.6 is 0 Å². The molecule has 0 radical (unpaired) electrons. The molecule has 1 aromatic heterocycles. The summed E-state index contributed by atoms with van der Waals surface area (Å²) in [6, 6.07) is 18.0. The average Bonchev–Trinajstić information content (AvgIpc) is 3.16. The van der Waals surface area contributed by atoms with Crippen molar-refractivity contribution in [3.63, 3.8) is 0 Å². The summed E-state index contributed by atoms with van der Waals surface area (Å²) < 4.78 is 5.66. The molecular weight excluding hydrogens is 324 g/mol. The van der Waals surface area contributed by atoms with Gasteiger partial charge in [-0.25, -0.2) is 5.43 Å². The molecule has 4 rings (SSSR count). The maximum Gasteiger partial charge on any atom is 0.252 e. The van der Waals surface area contributed by atoms with Gasteiger partial charge in [0.25, 0.3) is 5.91 Å². The molecule has 130 valence electrons. The van der Waals surface area contributed by atoms with Crippen molar-refractivity contribution >= 4 is 11.6 Å². The van der Waals surface area contributed by atoms with E-state index in [1.807, 2.05) is 63.2 Å². The highest BCUT2D eigenvalue weighted by molar-refractivity contribution is 6.00. The normalized spacial score (nSPS) is 13.4. The Morgan fingerprint density at radius 2 is 1.58 bits per heavy atom. The smallest absolute Gasteiger partial charge is 0.252 e. The molecule has 1 heterocycles. The van der Waals surface area contributed by atoms with E-state index in [0.29, 0.717) is 11.5 Å². The van der Waals surface area contributed by atoms with Crippen LogP contribution in [0.3, 0.4) is 0 Å². The molecule has 1 aliphatic carbocycles. The number of rotatable bonds is 3. The van der Waals surface area contributed by atoms with E-state index < -0.39 is 0 Å². The molecule has 4 heteroatoms. The number of hydrogen-bond acceptors (Lipinski definition) is 3. The topological polar surface area (TPSA) is 54.6 Å². The molecule has 0 saturated heterocycles. The van der Waals surface area contributed by atoms with Gasteiger partial charge in [-0.1, -0.05) is 48.5 Å². The summed E-state index contributed by atoms with van der Waals surface area (Å²) in [5, 5.41) is 4.28. The minimum Gasteiger partial charge on any atom is -0.460 e. The summed E-state index contributed by atoms with van der Waals surface area (Å²) in [6.07, 6.45) is 0. The second-order valence-electron chi connectivity index (χ2n) is 6.65. The van der Waals surface area contributed by atoms with Gasteiger partial charge in [-0.2, -0.15) is 5.10 Å². The Balaban J connectivity index is 1.65. The molecule has 0 atom stereocenters. The van der Waals surface area contributed by atoms with E-state index in [0.717, 1.165) is 33.6 Å². The summed E-state index contributed by atoms with van der Waals surface area (Å²) in [4.78, 5) is 12.9. The first-order valence-electron chi connectivity index (χ1n) is 8.66. The molecule has 0 unspecified atom stereocenters. The Hall–Kier alpha value is -3.14. The summed E-state index contributed by atoms with van der Waals surface area (Å²) >= 11 is 0. The molecule has 0 fully saturated rings. The second kappa shape index (κ2) is 6.30. The van der Waals surface area contributed by atoms with Gasteiger partial charge in [-0.15, -0.1) is 0 Å². The lowest BCUT2D eigenvalue weighted by Crippen LogP contribution is -2.26. The Labute approximate surface area is 152 Å². The summed E-state index contributed by atoms with van der Waals surface area (Å²) in [6.45, 7) is 5.70. The second-order valence-corrected chi connectivity index (χ2v) is 6.65. The van der Waals surface area contributed by atoms with Crippen LogP contribution in [0, 0.1) is 13.8 Å². The lowest BCUT2D eigenvalue weighted by atomic mass is 9.96. The van der Waals surface area contributed by atoms with E-state index in [9.17, 15) is 4.79 Å². The zero-order valence-corrected chi connectivity index (χ0v) is 15.0. The molecule has 1 aliphatic rings. The predicted octanol–water partition coefficient (Wildman–Crippen LogP) is 4.55. The van der Waals surface area contributed by atoms with Crippen molar-refractivity contribution < 1.29 is 9.21 Å². The third-order valence-electron chi connectivity index (χ3n) is 4.80. The van der Waals surface area contributed by atoms with Crippen LogP contribution in [0.15, 0.2) is 64.1 Å². The number of carbonyl (C=O) groups excluding carboxylic acids is 1. The van der Waals surface area contributed by atoms with Crippen molar-refractivity contribution in [2.75, 3.05) is 0 Å². The van der Waals surface area contributed by atoms with E-state index in [4.69, 9.17) is 4.42 Å². The zero-order valence-electron chi connectivity index (χ0n) is 15.0. The van der Waals surface area contributed by atoms with Crippen molar-refractivity contribution in [2.45, 2.75) is 26.7 Å². The van der Waals surface area contributed by atoms with Crippen LogP contribution in [0.4, 0.5) is 0 Å². The van der Waals surface area contributed by atoms with Crippen LogP contribution in [-0.4, -0.2) is 11.6 Å². The molecule has 3 aromatic rings. The number of benzene rings is 2. The Bertz CT molecular complexity index is 985. The Morgan fingerprint density at radius 1 is 1.00 bits per heavy atom. The van der Waals surface area contributed by atoms with E-state index in [1.165, 1.54) is 0 Å². The maximum absolute atomic E-state index is 12.9. The predicted molar refractivity (Wildman–Crippen MR) is 102 cm³/mol. The van der Waals surface area contributed by atoms with Crippen LogP contribution in [0.1, 0.15) is 41.1 Å². The summed E-state index contributed by atoms with van der Waals surface area (Å²) in [7, 11) is 0. The molecule has 1 N–H and O–H groups in total. The minimum absolute atomic E-state index is 0.136. The zero-order chi connectivity index (χ0) is 18.3. The summed E-state index contributed by atoms with van der Waals surface area (Å²) in [5.74, 6) is 1.05. The highest BCUT2D eigenvalue weighted by atomic mass is 16.3. The Kier molecular flexibility index (Phi) is 3.96. The van der Waals surface area contributed by atoms with E-state index >= 15 is 0 Å². The number of nitrogens with one attached hydrogen (secondary N) is 1. The van der Waals surface area contributed by atoms with Gasteiger partial charge in [0, 0.05) is 0 Å². The van der Waals surface area contributed by atoms with Crippen LogP contribution in [0.2, 0.25) is 0 Å². The van der Waals surface area contributed by atoms with Crippen LogP contribution in [0.25, 0.3) is 11.1 Å². The van der Waals surface area contributed by atoms with Gasteiger partial charge in [0.1, 0.15) is 11.5 Å². The van der Waals surface area contributed by atoms with Gasteiger partial charge in [-0.05, 0) is 54.7 Å². The van der Waals surface area contributed by atoms with Crippen molar-refractivity contribution in [3.05, 3.63) is 82.8 Å². The number of nitrogens with zero attached hydrogens (tertiary/aromatic N) is 1. The van der Waals surface area contributed by atoms with Crippen LogP contribution < -0.4 is 5.43 Å². The summed E-state index contributed by atoms with van der Waals surface area (Å²) in [5.41, 5.74) is 8.66. The minimum atomic E-state index is -0.349. The largest absolute Gasteiger partial charge is 0.460 e. The van der Waals surface area contributed by atoms with Gasteiger partial charge in [-0.3, -0.25) is 4.79 Å². The number of furan rings is 1. The molecule has 0 saturated carbocycles. The fourth-order valence-electron chi connectivity index (χ4n) is 3.69. The highest BCUT2D eigenvalue weighted by Gasteiger charge is 2.33. The maximum atomic E-state index is 12.9. The van der Waals surface area contributed by atoms with E-state index in [-0.39, 0.29) is 11.8 Å². The molecule has 0 aliphatic heterocycles. The third kappa shape index (κ3) is 2.64. The first kappa shape index (κ1) is 16.3. The van der Waals surface area contributed by atoms with Crippen molar-refractivity contribution in [2.24, 2.45) is 5.10 Å². The van der Waals surface area contributed by atoms with Gasteiger partial charge >= 0.3 is 0 Å². The molecule has 26 heavy (non-hydrogen) atoms. The first-order valence-corrected chi connectivity index (χ1v) is 8.66. The van der Waals surface area contributed by atoms with Gasteiger partial charge < -0.3 is 4.42 Å². The fraction of sp³-hybridized carbons (Fsp3) is 0.182. The number of fused-ring (bicyclic) bond motifs is 3. The number of hydrazone groups is 1. The van der Waals surface area contributed by atoms with Crippen molar-refractivity contribution in [3.8, 4) is 11.1 Å². The molecule has 4 nitrogen and oxygen atoms in total. The molecule has 0 bridgehead atoms. The fourth-order valence-corrected chi connectivity index (χ4v) is 3.69. The quantitative estimate of drug-likeness (QED) is 0.560. The third-order valence-corrected chi connectivity index (χ3v) is 4.80. The van der Waals surface area contributed by atoms with Crippen molar-refractivity contribution in [1.82, 2.24) is 5.43 Å². The van der Waals surface area contributed by atoms with E-state index in [2.05, 4.69) is 22.7 Å². The first-order chi connectivity index (χ1) is 12.6. The number of hydrogen-bond donors (Lipinski definition) is 1. The average molecular weight is 344 g/mol. The number of amides is 1. The van der Waals surface area contributed by atoms with Gasteiger partial charge in [0.05, 0.1) is 5.92 Å². The number of aryl methyl sites for hydroxylation is 2. The van der Waals surface area contributed by atoms with Crippen LogP contribution in [0.5, 0.6) is 0 Å². The molecule has 1 amide bonds. The lowest BCUT2D eigenvalue weighted by Gasteiger charge is -2.12. The van der Waals surface area contributed by atoms with Gasteiger partial charge in [0.2, 0.25) is 0 Å². The number of carbonyl (C=O) groups is 1. The Morgan fingerprint density at radius 3 is 2.12 bits per heavy atom.